The van der Waals surface area contributed by atoms with Crippen LogP contribution in [0.15, 0.2) is 30.3 Å². The van der Waals surface area contributed by atoms with Crippen LogP contribution >= 0.6 is 0 Å². The molecule has 0 saturated heterocycles. The Labute approximate surface area is 131 Å². The first-order valence-corrected chi connectivity index (χ1v) is 7.95. The van der Waals surface area contributed by atoms with Crippen molar-refractivity contribution in [2.24, 2.45) is 0 Å². The van der Waals surface area contributed by atoms with Crippen molar-refractivity contribution >= 4 is 5.69 Å². The largest absolute Gasteiger partial charge is 0.493 e. The minimum Gasteiger partial charge on any atom is -0.493 e. The van der Waals surface area contributed by atoms with E-state index in [-0.39, 0.29) is 0 Å². The molecule has 0 saturated carbocycles. The maximum atomic E-state index is 6.04. The first-order valence-electron chi connectivity index (χ1n) is 7.95. The van der Waals surface area contributed by atoms with Crippen LogP contribution in [0.25, 0.3) is 0 Å². The molecule has 2 aliphatic rings. The zero-order chi connectivity index (χ0) is 15.1. The van der Waals surface area contributed by atoms with Crippen LogP contribution < -0.4 is 14.4 Å². The molecule has 0 spiro atoms. The third-order valence-electron chi connectivity index (χ3n) is 4.65. The van der Waals surface area contributed by atoms with Gasteiger partial charge in [0.05, 0.1) is 13.2 Å². The molecule has 0 amide bonds. The van der Waals surface area contributed by atoms with Gasteiger partial charge in [0.1, 0.15) is 11.5 Å². The molecular weight excluding hydrogens is 274 g/mol. The Hall–Kier alpha value is -2.16. The molecule has 3 heteroatoms. The highest BCUT2D eigenvalue weighted by molar-refractivity contribution is 5.61. The van der Waals surface area contributed by atoms with E-state index in [4.69, 9.17) is 9.47 Å². The first kappa shape index (κ1) is 13.5. The molecule has 22 heavy (non-hydrogen) atoms. The van der Waals surface area contributed by atoms with Crippen molar-refractivity contribution in [1.82, 2.24) is 0 Å². The predicted molar refractivity (Wildman–Crippen MR) is 87.9 cm³/mol. The maximum Gasteiger partial charge on any atom is 0.161 e. The van der Waals surface area contributed by atoms with Crippen molar-refractivity contribution in [3.8, 4) is 11.5 Å². The predicted octanol–water partition coefficient (Wildman–Crippen LogP) is 3.98. The van der Waals surface area contributed by atoms with Gasteiger partial charge in [0.25, 0.3) is 0 Å². The zero-order valence-electron chi connectivity index (χ0n) is 13.2. The standard InChI is InChI=1S/C19H21NO2/c1-13-5-3-6-14(2)19(13)20-11-16-15-7-4-10-21-17(15)8-9-18(16)22-12-20/h3,5-6,8-9H,4,7,10-12H2,1-2H3. The van der Waals surface area contributed by atoms with E-state index in [1.807, 2.05) is 0 Å². The Kier molecular flexibility index (Phi) is 3.21. The number of rotatable bonds is 1. The SMILES string of the molecule is Cc1cccc(C)c1N1COc2ccc3c(c2C1)CCCO3. The van der Waals surface area contributed by atoms with Gasteiger partial charge in [-0.15, -0.1) is 0 Å². The highest BCUT2D eigenvalue weighted by Gasteiger charge is 2.25. The lowest BCUT2D eigenvalue weighted by atomic mass is 9.97. The van der Waals surface area contributed by atoms with Crippen LogP contribution in [0.1, 0.15) is 28.7 Å². The van der Waals surface area contributed by atoms with Gasteiger partial charge in [-0.3, -0.25) is 0 Å². The Bertz CT molecular complexity index is 703. The van der Waals surface area contributed by atoms with E-state index in [1.165, 1.54) is 27.9 Å². The Balaban J connectivity index is 1.75. The molecule has 0 bridgehead atoms. The van der Waals surface area contributed by atoms with E-state index in [2.05, 4.69) is 49.1 Å². The fraction of sp³-hybridized carbons (Fsp3) is 0.368. The summed E-state index contributed by atoms with van der Waals surface area (Å²) in [5, 5.41) is 0. The lowest BCUT2D eigenvalue weighted by Crippen LogP contribution is -2.34. The van der Waals surface area contributed by atoms with Gasteiger partial charge in [-0.2, -0.15) is 0 Å². The molecule has 0 radical (unpaired) electrons. The van der Waals surface area contributed by atoms with Gasteiger partial charge in [-0.25, -0.2) is 0 Å². The number of anilines is 1. The van der Waals surface area contributed by atoms with Crippen LogP contribution in [-0.4, -0.2) is 13.3 Å². The Morgan fingerprint density at radius 1 is 0.909 bits per heavy atom. The van der Waals surface area contributed by atoms with Gasteiger partial charge in [-0.05, 0) is 49.9 Å². The molecule has 2 aromatic carbocycles. The fourth-order valence-electron chi connectivity index (χ4n) is 3.63. The molecule has 114 valence electrons. The fourth-order valence-corrected chi connectivity index (χ4v) is 3.63. The van der Waals surface area contributed by atoms with E-state index in [0.717, 1.165) is 37.5 Å². The number of benzene rings is 2. The van der Waals surface area contributed by atoms with Gasteiger partial charge < -0.3 is 14.4 Å². The monoisotopic (exact) mass is 295 g/mol. The number of ether oxygens (including phenoxy) is 2. The van der Waals surface area contributed by atoms with E-state index in [9.17, 15) is 0 Å². The van der Waals surface area contributed by atoms with E-state index < -0.39 is 0 Å². The van der Waals surface area contributed by atoms with E-state index in [1.54, 1.807) is 0 Å². The van der Waals surface area contributed by atoms with Crippen molar-refractivity contribution in [1.29, 1.82) is 0 Å². The molecule has 4 rings (SSSR count). The number of para-hydroxylation sites is 1. The van der Waals surface area contributed by atoms with Crippen LogP contribution in [-0.2, 0) is 13.0 Å². The van der Waals surface area contributed by atoms with Gasteiger partial charge in [-0.1, -0.05) is 18.2 Å². The number of aryl methyl sites for hydroxylation is 2. The second kappa shape index (κ2) is 5.24. The summed E-state index contributed by atoms with van der Waals surface area (Å²) in [4.78, 5) is 2.34. The molecule has 0 unspecified atom stereocenters. The Morgan fingerprint density at radius 3 is 2.41 bits per heavy atom. The summed E-state index contributed by atoms with van der Waals surface area (Å²) in [6, 6.07) is 10.6. The summed E-state index contributed by atoms with van der Waals surface area (Å²) in [5.74, 6) is 2.06. The summed E-state index contributed by atoms with van der Waals surface area (Å²) >= 11 is 0. The molecule has 0 fully saturated rings. The molecule has 0 N–H and O–H groups in total. The maximum absolute atomic E-state index is 6.04. The second-order valence-electron chi connectivity index (χ2n) is 6.18. The van der Waals surface area contributed by atoms with Crippen LogP contribution in [0.5, 0.6) is 11.5 Å². The molecule has 0 aromatic heterocycles. The van der Waals surface area contributed by atoms with Gasteiger partial charge in [0, 0.05) is 16.8 Å². The van der Waals surface area contributed by atoms with Crippen LogP contribution in [0.2, 0.25) is 0 Å². The molecular formula is C19H21NO2. The van der Waals surface area contributed by atoms with Crippen LogP contribution in [0.3, 0.4) is 0 Å². The summed E-state index contributed by atoms with van der Waals surface area (Å²) < 4.78 is 11.8. The van der Waals surface area contributed by atoms with Gasteiger partial charge in [0.2, 0.25) is 0 Å². The lowest BCUT2D eigenvalue weighted by molar-refractivity contribution is 0.270. The molecule has 0 atom stereocenters. The highest BCUT2D eigenvalue weighted by atomic mass is 16.5. The number of hydrogen-bond acceptors (Lipinski definition) is 3. The quantitative estimate of drug-likeness (QED) is 0.794. The molecule has 3 nitrogen and oxygen atoms in total. The molecule has 2 heterocycles. The average molecular weight is 295 g/mol. The summed E-state index contributed by atoms with van der Waals surface area (Å²) in [7, 11) is 0. The molecule has 2 aliphatic heterocycles. The highest BCUT2D eigenvalue weighted by Crippen LogP contribution is 2.39. The number of fused-ring (bicyclic) bond motifs is 3. The number of hydrogen-bond donors (Lipinski definition) is 0. The van der Waals surface area contributed by atoms with Crippen molar-refractivity contribution in [3.63, 3.8) is 0 Å². The smallest absolute Gasteiger partial charge is 0.161 e. The minimum absolute atomic E-state index is 0.609. The van der Waals surface area contributed by atoms with Gasteiger partial charge >= 0.3 is 0 Å². The van der Waals surface area contributed by atoms with Crippen molar-refractivity contribution < 1.29 is 9.47 Å². The third kappa shape index (κ3) is 2.12. The lowest BCUT2D eigenvalue weighted by Gasteiger charge is -2.35. The van der Waals surface area contributed by atoms with Crippen LogP contribution in [0.4, 0.5) is 5.69 Å². The summed E-state index contributed by atoms with van der Waals surface area (Å²) in [6.45, 7) is 6.67. The summed E-state index contributed by atoms with van der Waals surface area (Å²) in [6.07, 6.45) is 2.18. The van der Waals surface area contributed by atoms with Gasteiger partial charge in [0.15, 0.2) is 6.73 Å². The third-order valence-corrected chi connectivity index (χ3v) is 4.65. The average Bonchev–Trinajstić information content (AvgIpc) is 2.54. The second-order valence-corrected chi connectivity index (χ2v) is 6.18. The summed E-state index contributed by atoms with van der Waals surface area (Å²) in [5.41, 5.74) is 6.52. The van der Waals surface area contributed by atoms with Crippen LogP contribution in [0, 0.1) is 13.8 Å². The topological polar surface area (TPSA) is 21.7 Å². The number of nitrogens with zero attached hydrogens (tertiary/aromatic N) is 1. The van der Waals surface area contributed by atoms with E-state index >= 15 is 0 Å². The minimum atomic E-state index is 0.609. The molecule has 2 aromatic rings. The first-order chi connectivity index (χ1) is 10.7. The molecule has 0 aliphatic carbocycles. The normalized spacial score (nSPS) is 16.4. The van der Waals surface area contributed by atoms with Crippen molar-refractivity contribution in [3.05, 3.63) is 52.6 Å². The zero-order valence-corrected chi connectivity index (χ0v) is 13.2. The van der Waals surface area contributed by atoms with Crippen molar-refractivity contribution in [2.75, 3.05) is 18.2 Å². The van der Waals surface area contributed by atoms with Crippen molar-refractivity contribution in [2.45, 2.75) is 33.2 Å². The van der Waals surface area contributed by atoms with E-state index in [0.29, 0.717) is 6.73 Å². The Morgan fingerprint density at radius 2 is 1.64 bits per heavy atom.